The summed E-state index contributed by atoms with van der Waals surface area (Å²) >= 11 is 6.17. The molecule has 2 fully saturated rings. The van der Waals surface area contributed by atoms with Gasteiger partial charge in [-0.25, -0.2) is 0 Å². The van der Waals surface area contributed by atoms with Gasteiger partial charge in [0.1, 0.15) is 18.1 Å². The van der Waals surface area contributed by atoms with Crippen molar-refractivity contribution in [2.24, 2.45) is 0 Å². The molecule has 4 aliphatic rings. The number of rotatable bonds is 11. The monoisotopic (exact) mass is 773 g/mol. The number of allylic oxidation sites excluding steroid dienone is 1. The van der Waals surface area contributed by atoms with Crippen LogP contribution in [-0.2, 0) is 51.4 Å². The summed E-state index contributed by atoms with van der Waals surface area (Å²) in [4.78, 5) is 64.7. The maximum Gasteiger partial charge on any atom is 0.250 e. The lowest BCUT2D eigenvalue weighted by Crippen LogP contribution is -2.60. The zero-order valence-electron chi connectivity index (χ0n) is 31.4. The number of carbonyl (C=O) groups is 4. The highest BCUT2D eigenvalue weighted by atomic mass is 35.5. The maximum absolute atomic E-state index is 14.4. The van der Waals surface area contributed by atoms with Crippen LogP contribution in [0.3, 0.4) is 0 Å². The van der Waals surface area contributed by atoms with Gasteiger partial charge in [-0.1, -0.05) is 78.4 Å². The van der Waals surface area contributed by atoms with Crippen molar-refractivity contribution in [1.82, 2.24) is 30.7 Å². The number of nitrogens with zero attached hydrogens (tertiary/aromatic N) is 3. The molecule has 4 heterocycles. The number of nitrogens with one attached hydrogen (secondary N) is 4. The lowest BCUT2D eigenvalue weighted by atomic mass is 9.85. The molecule has 0 radical (unpaired) electrons. The van der Waals surface area contributed by atoms with E-state index in [2.05, 4.69) is 44.1 Å². The third kappa shape index (κ3) is 7.83. The summed E-state index contributed by atoms with van der Waals surface area (Å²) in [6, 6.07) is 23.9. The fraction of sp³-hybridized carbons (Fsp3) is 0.364. The van der Waals surface area contributed by atoms with Gasteiger partial charge in [0.2, 0.25) is 17.7 Å². The van der Waals surface area contributed by atoms with Crippen LogP contribution in [0.2, 0.25) is 5.02 Å². The molecule has 4 aromatic rings. The number of anilines is 1. The molecule has 1 spiro atoms. The van der Waals surface area contributed by atoms with Crippen molar-refractivity contribution in [2.45, 2.75) is 69.1 Å². The smallest absolute Gasteiger partial charge is 0.250 e. The van der Waals surface area contributed by atoms with E-state index in [9.17, 15) is 19.2 Å². The van der Waals surface area contributed by atoms with Crippen molar-refractivity contribution in [3.63, 3.8) is 0 Å². The van der Waals surface area contributed by atoms with Crippen LogP contribution in [0, 0.1) is 0 Å². The molecule has 3 aromatic carbocycles. The highest BCUT2D eigenvalue weighted by Crippen LogP contribution is 2.39. The summed E-state index contributed by atoms with van der Waals surface area (Å²) in [5.41, 5.74) is 6.78. The molecule has 1 aromatic heterocycles. The van der Waals surface area contributed by atoms with E-state index in [1.54, 1.807) is 21.9 Å². The third-order valence-corrected chi connectivity index (χ3v) is 12.1. The molecule has 1 aliphatic carbocycles. The van der Waals surface area contributed by atoms with E-state index in [0.717, 1.165) is 29.7 Å². The number of hydrogen-bond donors (Lipinski definition) is 4. The number of benzene rings is 3. The number of aromatic amines is 1. The van der Waals surface area contributed by atoms with E-state index >= 15 is 0 Å². The van der Waals surface area contributed by atoms with Crippen LogP contribution in [0.5, 0.6) is 0 Å². The van der Waals surface area contributed by atoms with E-state index in [1.807, 2.05) is 66.9 Å². The van der Waals surface area contributed by atoms with Crippen LogP contribution in [0.4, 0.5) is 5.69 Å². The first kappa shape index (κ1) is 37.5. The average Bonchev–Trinajstić information content (AvgIpc) is 3.76. The number of carbonyl (C=O) groups excluding carboxylic acids is 4. The molecule has 4 amide bonds. The summed E-state index contributed by atoms with van der Waals surface area (Å²) in [5, 5.41) is 10.1. The summed E-state index contributed by atoms with van der Waals surface area (Å²) < 4.78 is 0. The number of aromatic nitrogens is 1. The second-order valence-corrected chi connectivity index (χ2v) is 15.7. The number of hydrogen-bond acceptors (Lipinski definition) is 6. The second kappa shape index (κ2) is 16.4. The van der Waals surface area contributed by atoms with E-state index in [0.29, 0.717) is 63.3 Å². The van der Waals surface area contributed by atoms with Crippen molar-refractivity contribution in [2.75, 3.05) is 37.7 Å². The number of H-pyrrole nitrogens is 1. The molecule has 56 heavy (non-hydrogen) atoms. The molecule has 2 saturated heterocycles. The number of halogens is 1. The van der Waals surface area contributed by atoms with Crippen molar-refractivity contribution in [3.8, 4) is 0 Å². The largest absolute Gasteiger partial charge is 0.364 e. The van der Waals surface area contributed by atoms with Gasteiger partial charge in [-0.3, -0.25) is 19.2 Å². The minimum Gasteiger partial charge on any atom is -0.364 e. The van der Waals surface area contributed by atoms with E-state index in [-0.39, 0.29) is 36.8 Å². The predicted octanol–water partition coefficient (Wildman–Crippen LogP) is 4.40. The molecular formula is C44H48ClN7O4. The zero-order valence-corrected chi connectivity index (χ0v) is 32.2. The number of aryl methyl sites for hydroxylation is 1. The number of amides is 4. The standard InChI is InChI=1S/C44H48ClN7O4/c45-34-16-14-30(15-17-34)24-39(49-41(54)38-25-31-8-4-5-9-32(31)26-48-38)42(55)50-22-19-44(20-23-50)43(56)51(29-52(44)35-10-2-1-3-11-35)28-40(53)46-21-18-33-27-47-37-13-7-6-12-36(33)37/h1-6,8-12,14-17,27,38-39,47-48H,7,13,18-26,28-29H2,(H,46,53)(H,49,54)/t38-,39-/m1/s1. The Morgan fingerprint density at radius 1 is 0.946 bits per heavy atom. The Kier molecular flexibility index (Phi) is 11.0. The van der Waals surface area contributed by atoms with Gasteiger partial charge in [0.05, 0.1) is 12.7 Å². The summed E-state index contributed by atoms with van der Waals surface area (Å²) in [7, 11) is 0. The molecule has 11 nitrogen and oxygen atoms in total. The molecular weight excluding hydrogens is 726 g/mol. The summed E-state index contributed by atoms with van der Waals surface area (Å²) in [6.07, 6.45) is 10.7. The fourth-order valence-electron chi connectivity index (χ4n) is 8.75. The number of piperidine rings is 1. The lowest BCUT2D eigenvalue weighted by molar-refractivity contribution is -0.141. The minimum absolute atomic E-state index is 0.0490. The highest BCUT2D eigenvalue weighted by molar-refractivity contribution is 6.30. The van der Waals surface area contributed by atoms with Gasteiger partial charge in [0, 0.05) is 55.2 Å². The maximum atomic E-state index is 14.4. The molecule has 0 bridgehead atoms. The Morgan fingerprint density at radius 3 is 2.48 bits per heavy atom. The molecule has 4 N–H and O–H groups in total. The van der Waals surface area contributed by atoms with Gasteiger partial charge in [0.15, 0.2) is 0 Å². The third-order valence-electron chi connectivity index (χ3n) is 11.8. The quantitative estimate of drug-likeness (QED) is 0.179. The van der Waals surface area contributed by atoms with Crippen LogP contribution in [0.25, 0.3) is 6.08 Å². The second-order valence-electron chi connectivity index (χ2n) is 15.3. The topological polar surface area (TPSA) is 130 Å². The van der Waals surface area contributed by atoms with Crippen molar-refractivity contribution < 1.29 is 19.2 Å². The molecule has 8 rings (SSSR count). The van der Waals surface area contributed by atoms with Gasteiger partial charge in [-0.15, -0.1) is 0 Å². The van der Waals surface area contributed by atoms with E-state index in [4.69, 9.17) is 11.6 Å². The van der Waals surface area contributed by atoms with Crippen LogP contribution in [-0.4, -0.2) is 88.9 Å². The van der Waals surface area contributed by atoms with Gasteiger partial charge in [-0.05, 0) is 90.6 Å². The van der Waals surface area contributed by atoms with Crippen molar-refractivity contribution in [3.05, 3.63) is 130 Å². The molecule has 0 unspecified atom stereocenters. The van der Waals surface area contributed by atoms with Gasteiger partial charge in [-0.2, -0.15) is 0 Å². The summed E-state index contributed by atoms with van der Waals surface area (Å²) in [6.45, 7) is 1.92. The summed E-state index contributed by atoms with van der Waals surface area (Å²) in [5.74, 6) is -0.720. The van der Waals surface area contributed by atoms with Crippen LogP contribution in [0.1, 0.15) is 52.8 Å². The first-order chi connectivity index (χ1) is 27.3. The molecule has 290 valence electrons. The molecule has 12 heteroatoms. The van der Waals surface area contributed by atoms with Crippen molar-refractivity contribution in [1.29, 1.82) is 0 Å². The first-order valence-corrected chi connectivity index (χ1v) is 20.0. The average molecular weight is 774 g/mol. The molecule has 3 aliphatic heterocycles. The van der Waals surface area contributed by atoms with Crippen molar-refractivity contribution >= 4 is 47.0 Å². The van der Waals surface area contributed by atoms with E-state index < -0.39 is 17.6 Å². The predicted molar refractivity (Wildman–Crippen MR) is 217 cm³/mol. The van der Waals surface area contributed by atoms with Gasteiger partial charge >= 0.3 is 0 Å². The van der Waals surface area contributed by atoms with Crippen LogP contribution in [0.15, 0.2) is 91.1 Å². The number of likely N-dealkylation sites (tertiary alicyclic amines) is 1. The van der Waals surface area contributed by atoms with Gasteiger partial charge < -0.3 is 35.6 Å². The fourth-order valence-corrected chi connectivity index (χ4v) is 8.87. The Labute approximate surface area is 332 Å². The first-order valence-electron chi connectivity index (χ1n) is 19.7. The Balaban J connectivity index is 0.942. The number of fused-ring (bicyclic) bond motifs is 2. The number of para-hydroxylation sites is 1. The normalized spacial score (nSPS) is 19.1. The molecule has 0 saturated carbocycles. The Bertz CT molecular complexity index is 2110. The SMILES string of the molecule is O=C(CN1CN(c2ccccc2)C2(CCN(C(=O)[C@@H](Cc3ccc(Cl)cc3)NC(=O)[C@H]3Cc4ccccc4CN3)CC2)C1=O)NCCc1c[nH]c2c1C=CCC2. The van der Waals surface area contributed by atoms with Crippen LogP contribution >= 0.6 is 11.6 Å². The zero-order chi connectivity index (χ0) is 38.6. The lowest BCUT2D eigenvalue weighted by Gasteiger charge is -2.44. The highest BCUT2D eigenvalue weighted by Gasteiger charge is 2.54. The Hall–Kier alpha value is -5.39. The van der Waals surface area contributed by atoms with Crippen LogP contribution < -0.4 is 20.9 Å². The Morgan fingerprint density at radius 2 is 1.70 bits per heavy atom. The minimum atomic E-state index is -0.913. The van der Waals surface area contributed by atoms with E-state index in [1.165, 1.54) is 22.4 Å². The molecule has 2 atom stereocenters. The van der Waals surface area contributed by atoms with Gasteiger partial charge in [0.25, 0.3) is 5.91 Å².